The second-order valence-electron chi connectivity index (χ2n) is 6.54. The molecule has 0 saturated carbocycles. The van der Waals surface area contributed by atoms with Crippen molar-refractivity contribution in [2.24, 2.45) is 5.73 Å². The third kappa shape index (κ3) is 3.21. The summed E-state index contributed by atoms with van der Waals surface area (Å²) >= 11 is 0. The van der Waals surface area contributed by atoms with Crippen molar-refractivity contribution in [2.75, 3.05) is 14.1 Å². The Morgan fingerprint density at radius 1 is 1.07 bits per heavy atom. The Hall–Kier alpha value is -3.43. The summed E-state index contributed by atoms with van der Waals surface area (Å²) in [6, 6.07) is 18.3. The average molecular weight is 360 g/mol. The van der Waals surface area contributed by atoms with Crippen LogP contribution in [0, 0.1) is 11.3 Å². The van der Waals surface area contributed by atoms with Crippen LogP contribution >= 0.6 is 0 Å². The summed E-state index contributed by atoms with van der Waals surface area (Å²) in [6.07, 6.45) is 1.76. The molecule has 0 bridgehead atoms. The highest BCUT2D eigenvalue weighted by molar-refractivity contribution is 6.08. The Morgan fingerprint density at radius 3 is 2.37 bits per heavy atom. The molecule has 1 fully saturated rings. The maximum Gasteiger partial charge on any atom is 0.272 e. The Labute approximate surface area is 158 Å². The molecule has 1 saturated heterocycles. The maximum absolute atomic E-state index is 13.1. The van der Waals surface area contributed by atoms with Gasteiger partial charge < -0.3 is 15.5 Å². The number of likely N-dealkylation sites (N-methyl/N-ethyl adjacent to an activating group) is 2. The van der Waals surface area contributed by atoms with Crippen molar-refractivity contribution >= 4 is 17.9 Å². The van der Waals surface area contributed by atoms with Gasteiger partial charge in [0, 0.05) is 20.5 Å². The van der Waals surface area contributed by atoms with Gasteiger partial charge in [-0.3, -0.25) is 9.59 Å². The van der Waals surface area contributed by atoms with E-state index in [1.165, 1.54) is 23.9 Å². The van der Waals surface area contributed by atoms with Crippen molar-refractivity contribution in [1.29, 1.82) is 5.26 Å². The number of amides is 2. The van der Waals surface area contributed by atoms with Crippen LogP contribution in [0.15, 0.2) is 60.3 Å². The van der Waals surface area contributed by atoms with Crippen LogP contribution < -0.4 is 5.73 Å². The van der Waals surface area contributed by atoms with Crippen molar-refractivity contribution in [3.8, 4) is 6.07 Å². The number of nitriles is 1. The van der Waals surface area contributed by atoms with Crippen LogP contribution in [-0.2, 0) is 16.0 Å². The Balaban J connectivity index is 2.00. The fraction of sp³-hybridized carbons (Fsp3) is 0.190. The fourth-order valence-electron chi connectivity index (χ4n) is 3.17. The van der Waals surface area contributed by atoms with Gasteiger partial charge >= 0.3 is 0 Å². The Bertz CT molecular complexity index is 962. The zero-order chi connectivity index (χ0) is 19.6. The van der Waals surface area contributed by atoms with E-state index in [4.69, 9.17) is 5.73 Å². The van der Waals surface area contributed by atoms with Crippen LogP contribution in [0.2, 0.25) is 0 Å². The summed E-state index contributed by atoms with van der Waals surface area (Å²) in [5, 5.41) is 9.26. The second kappa shape index (κ2) is 7.06. The van der Waals surface area contributed by atoms with Gasteiger partial charge in [-0.1, -0.05) is 48.5 Å². The summed E-state index contributed by atoms with van der Waals surface area (Å²) in [4.78, 5) is 28.6. The SMILES string of the molecule is CN1C(=O)C(N)(Cc2ccccc2)N(C)C(=O)C1=Cc1ccccc1C#N. The first-order valence-electron chi connectivity index (χ1n) is 8.48. The van der Waals surface area contributed by atoms with Crippen molar-refractivity contribution in [3.05, 3.63) is 77.0 Å². The molecule has 2 N–H and O–H groups in total. The monoisotopic (exact) mass is 360 g/mol. The topological polar surface area (TPSA) is 90.4 Å². The summed E-state index contributed by atoms with van der Waals surface area (Å²) < 4.78 is 0. The van der Waals surface area contributed by atoms with E-state index in [2.05, 4.69) is 6.07 Å². The fourth-order valence-corrected chi connectivity index (χ4v) is 3.17. The van der Waals surface area contributed by atoms with Gasteiger partial charge in [0.15, 0.2) is 5.66 Å². The van der Waals surface area contributed by atoms with E-state index in [9.17, 15) is 14.9 Å². The van der Waals surface area contributed by atoms with E-state index in [-0.39, 0.29) is 23.9 Å². The molecule has 3 rings (SSSR count). The number of carbonyl (C=O) groups excluding carboxylic acids is 2. The minimum Gasteiger partial charge on any atom is -0.314 e. The molecule has 0 spiro atoms. The number of nitrogens with zero attached hydrogens (tertiary/aromatic N) is 3. The first-order chi connectivity index (χ1) is 12.9. The quantitative estimate of drug-likeness (QED) is 0.844. The highest BCUT2D eigenvalue weighted by Crippen LogP contribution is 2.28. The molecular formula is C21H20N4O2. The molecule has 1 aliphatic rings. The van der Waals surface area contributed by atoms with Crippen molar-refractivity contribution < 1.29 is 9.59 Å². The minimum absolute atomic E-state index is 0.180. The van der Waals surface area contributed by atoms with Gasteiger partial charge in [-0.2, -0.15) is 5.26 Å². The van der Waals surface area contributed by atoms with Gasteiger partial charge in [-0.25, -0.2) is 0 Å². The van der Waals surface area contributed by atoms with Crippen LogP contribution in [-0.4, -0.2) is 41.4 Å². The van der Waals surface area contributed by atoms with Crippen molar-refractivity contribution in [1.82, 2.24) is 9.80 Å². The number of piperazine rings is 1. The standard InChI is InChI=1S/C21H20N4O2/c1-24-18(12-16-10-6-7-11-17(16)14-22)19(26)25(2)21(23,20(24)27)13-15-8-4-3-5-9-15/h3-12H,13,23H2,1-2H3. The summed E-state index contributed by atoms with van der Waals surface area (Å²) in [5.74, 6) is -0.752. The van der Waals surface area contributed by atoms with Gasteiger partial charge in [0.05, 0.1) is 11.6 Å². The normalized spacial score (nSPS) is 21.5. The number of rotatable bonds is 3. The molecule has 2 aromatic rings. The molecule has 2 aromatic carbocycles. The second-order valence-corrected chi connectivity index (χ2v) is 6.54. The van der Waals surface area contributed by atoms with Crippen molar-refractivity contribution in [2.45, 2.75) is 12.1 Å². The van der Waals surface area contributed by atoms with E-state index in [0.29, 0.717) is 11.1 Å². The predicted molar refractivity (Wildman–Crippen MR) is 102 cm³/mol. The molecule has 1 atom stereocenters. The molecule has 1 aliphatic heterocycles. The van der Waals surface area contributed by atoms with E-state index in [1.807, 2.05) is 30.3 Å². The molecule has 0 aliphatic carbocycles. The van der Waals surface area contributed by atoms with Gasteiger partial charge in [-0.15, -0.1) is 0 Å². The minimum atomic E-state index is -1.47. The third-order valence-corrected chi connectivity index (χ3v) is 4.85. The van der Waals surface area contributed by atoms with Crippen LogP contribution in [0.1, 0.15) is 16.7 Å². The first kappa shape index (κ1) is 18.4. The van der Waals surface area contributed by atoms with Crippen LogP contribution in [0.25, 0.3) is 6.08 Å². The molecule has 0 radical (unpaired) electrons. The lowest BCUT2D eigenvalue weighted by Gasteiger charge is -2.45. The molecule has 2 amide bonds. The molecular weight excluding hydrogens is 340 g/mol. The number of hydrogen-bond donors (Lipinski definition) is 1. The summed E-state index contributed by atoms with van der Waals surface area (Å²) in [6.45, 7) is 0. The lowest BCUT2D eigenvalue weighted by Crippen LogP contribution is -2.71. The largest absolute Gasteiger partial charge is 0.314 e. The number of nitrogens with two attached hydrogens (primary N) is 1. The summed E-state index contributed by atoms with van der Waals surface area (Å²) in [7, 11) is 3.06. The van der Waals surface area contributed by atoms with Crippen molar-refractivity contribution in [3.63, 3.8) is 0 Å². The molecule has 136 valence electrons. The number of hydrogen-bond acceptors (Lipinski definition) is 4. The van der Waals surface area contributed by atoms with Crippen LogP contribution in [0.3, 0.4) is 0 Å². The van der Waals surface area contributed by atoms with E-state index in [1.54, 1.807) is 30.3 Å². The summed E-state index contributed by atoms with van der Waals surface area (Å²) in [5.41, 5.74) is 6.98. The lowest BCUT2D eigenvalue weighted by atomic mass is 9.93. The Kier molecular flexibility index (Phi) is 4.80. The van der Waals surface area contributed by atoms with Gasteiger partial charge in [-0.05, 0) is 23.3 Å². The third-order valence-electron chi connectivity index (χ3n) is 4.85. The lowest BCUT2D eigenvalue weighted by molar-refractivity contribution is -0.156. The van der Waals surface area contributed by atoms with Gasteiger partial charge in [0.25, 0.3) is 11.8 Å². The van der Waals surface area contributed by atoms with Crippen LogP contribution in [0.4, 0.5) is 0 Å². The molecule has 1 heterocycles. The maximum atomic E-state index is 13.1. The Morgan fingerprint density at radius 2 is 1.70 bits per heavy atom. The van der Waals surface area contributed by atoms with Gasteiger partial charge in [0.1, 0.15) is 5.70 Å². The molecule has 6 nitrogen and oxygen atoms in total. The average Bonchev–Trinajstić information content (AvgIpc) is 2.69. The highest BCUT2D eigenvalue weighted by Gasteiger charge is 2.49. The number of benzene rings is 2. The smallest absolute Gasteiger partial charge is 0.272 e. The molecule has 0 aromatic heterocycles. The molecule has 6 heteroatoms. The molecule has 1 unspecified atom stereocenters. The van der Waals surface area contributed by atoms with Crippen LogP contribution in [0.5, 0.6) is 0 Å². The number of carbonyl (C=O) groups is 2. The predicted octanol–water partition coefficient (Wildman–Crippen LogP) is 1.73. The van der Waals surface area contributed by atoms with E-state index in [0.717, 1.165) is 5.56 Å². The highest BCUT2D eigenvalue weighted by atomic mass is 16.2. The first-order valence-corrected chi connectivity index (χ1v) is 8.48. The zero-order valence-corrected chi connectivity index (χ0v) is 15.2. The van der Waals surface area contributed by atoms with E-state index < -0.39 is 5.66 Å². The van der Waals surface area contributed by atoms with Gasteiger partial charge in [0.2, 0.25) is 0 Å². The van der Waals surface area contributed by atoms with E-state index >= 15 is 0 Å². The zero-order valence-electron chi connectivity index (χ0n) is 15.2. The molecule has 27 heavy (non-hydrogen) atoms.